The maximum atomic E-state index is 13.6. The number of hydrogen-bond acceptors (Lipinski definition) is 3. The van der Waals surface area contributed by atoms with Crippen LogP contribution in [0.2, 0.25) is 0 Å². The molecular weight excluding hydrogens is 365 g/mol. The zero-order chi connectivity index (χ0) is 13.8. The van der Waals surface area contributed by atoms with E-state index in [-0.39, 0.29) is 11.7 Å². The summed E-state index contributed by atoms with van der Waals surface area (Å²) in [4.78, 5) is 3.81. The van der Waals surface area contributed by atoms with Gasteiger partial charge in [-0.25, -0.2) is 8.78 Å². The summed E-state index contributed by atoms with van der Waals surface area (Å²) >= 11 is 2.07. The van der Waals surface area contributed by atoms with E-state index in [1.165, 1.54) is 0 Å². The molecule has 100 valence electrons. The van der Waals surface area contributed by atoms with Crippen molar-refractivity contribution in [2.24, 2.45) is 0 Å². The number of aromatic nitrogens is 1. The van der Waals surface area contributed by atoms with E-state index in [1.807, 2.05) is 12.1 Å². The van der Waals surface area contributed by atoms with Crippen LogP contribution in [-0.4, -0.2) is 11.5 Å². The van der Waals surface area contributed by atoms with E-state index in [9.17, 15) is 8.78 Å². The molecule has 0 saturated heterocycles. The van der Waals surface area contributed by atoms with E-state index in [1.54, 1.807) is 19.1 Å². The number of benzene rings is 1. The fourth-order valence-corrected chi connectivity index (χ4v) is 1.94. The Hall–Kier alpha value is -1.44. The van der Waals surface area contributed by atoms with Crippen molar-refractivity contribution < 1.29 is 13.5 Å². The number of nitrogens with one attached hydrogen (secondary N) is 1. The first kappa shape index (κ1) is 14.0. The maximum absolute atomic E-state index is 13.6. The first-order chi connectivity index (χ1) is 9.11. The lowest BCUT2D eigenvalue weighted by atomic mass is 10.3. The van der Waals surface area contributed by atoms with E-state index in [4.69, 9.17) is 4.74 Å². The highest BCUT2D eigenvalue weighted by molar-refractivity contribution is 14.1. The molecule has 0 radical (unpaired) electrons. The molecule has 0 aliphatic rings. The van der Waals surface area contributed by atoms with Crippen molar-refractivity contribution >= 4 is 28.4 Å². The Balaban J connectivity index is 2.34. The summed E-state index contributed by atoms with van der Waals surface area (Å²) < 4.78 is 33.2. The lowest BCUT2D eigenvalue weighted by molar-refractivity contribution is 0.416. The average Bonchev–Trinajstić information content (AvgIpc) is 2.38. The van der Waals surface area contributed by atoms with Crippen LogP contribution in [-0.2, 0) is 0 Å². The van der Waals surface area contributed by atoms with Gasteiger partial charge in [-0.05, 0) is 41.6 Å². The molecule has 0 saturated carbocycles. The molecule has 0 spiro atoms. The second kappa shape index (κ2) is 6.14. The van der Waals surface area contributed by atoms with Gasteiger partial charge in [0.1, 0.15) is 5.75 Å². The molecule has 0 fully saturated rings. The van der Waals surface area contributed by atoms with Gasteiger partial charge in [0.25, 0.3) is 5.88 Å². The molecule has 19 heavy (non-hydrogen) atoms. The third kappa shape index (κ3) is 3.31. The Kier molecular flexibility index (Phi) is 4.52. The third-order valence-electron chi connectivity index (χ3n) is 2.28. The Morgan fingerprint density at radius 2 is 2.00 bits per heavy atom. The number of para-hydroxylation sites is 1. The van der Waals surface area contributed by atoms with Crippen molar-refractivity contribution in [1.29, 1.82) is 0 Å². The molecule has 0 aliphatic heterocycles. The van der Waals surface area contributed by atoms with Gasteiger partial charge in [-0.3, -0.25) is 0 Å². The standard InChI is InChI=1S/C13H11F2IN2O/c1-2-17-12-8(14)7-9(15)13(18-12)19-11-6-4-3-5-10(11)16/h3-7H,2H2,1H3,(H,17,18). The van der Waals surface area contributed by atoms with Crippen molar-refractivity contribution in [2.75, 3.05) is 11.9 Å². The molecule has 1 aromatic carbocycles. The predicted octanol–water partition coefficient (Wildman–Crippen LogP) is 4.19. The number of nitrogens with zero attached hydrogens (tertiary/aromatic N) is 1. The van der Waals surface area contributed by atoms with Crippen molar-refractivity contribution in [3.05, 3.63) is 45.5 Å². The molecule has 0 bridgehead atoms. The molecule has 1 aromatic heterocycles. The molecule has 3 nitrogen and oxygen atoms in total. The summed E-state index contributed by atoms with van der Waals surface area (Å²) in [5, 5.41) is 2.71. The van der Waals surface area contributed by atoms with Crippen LogP contribution in [0, 0.1) is 15.2 Å². The minimum Gasteiger partial charge on any atom is -0.435 e. The van der Waals surface area contributed by atoms with Crippen LogP contribution >= 0.6 is 22.6 Å². The molecule has 1 heterocycles. The van der Waals surface area contributed by atoms with Crippen LogP contribution in [0.4, 0.5) is 14.6 Å². The maximum Gasteiger partial charge on any atom is 0.258 e. The molecule has 0 atom stereocenters. The van der Waals surface area contributed by atoms with Crippen LogP contribution < -0.4 is 10.1 Å². The SMILES string of the molecule is CCNc1nc(Oc2ccccc2I)c(F)cc1F. The van der Waals surface area contributed by atoms with E-state index in [0.717, 1.165) is 9.64 Å². The van der Waals surface area contributed by atoms with Crippen LogP contribution in [0.25, 0.3) is 0 Å². The summed E-state index contributed by atoms with van der Waals surface area (Å²) in [7, 11) is 0. The van der Waals surface area contributed by atoms with Crippen molar-refractivity contribution in [1.82, 2.24) is 4.98 Å². The number of rotatable bonds is 4. The van der Waals surface area contributed by atoms with Crippen molar-refractivity contribution in [2.45, 2.75) is 6.92 Å². The van der Waals surface area contributed by atoms with E-state index in [2.05, 4.69) is 32.9 Å². The molecule has 0 unspecified atom stereocenters. The molecule has 2 aromatic rings. The van der Waals surface area contributed by atoms with Gasteiger partial charge in [0.15, 0.2) is 17.5 Å². The lowest BCUT2D eigenvalue weighted by Crippen LogP contribution is -2.05. The summed E-state index contributed by atoms with van der Waals surface area (Å²) in [5.74, 6) is -1.37. The summed E-state index contributed by atoms with van der Waals surface area (Å²) in [6.45, 7) is 2.28. The number of pyridine rings is 1. The highest BCUT2D eigenvalue weighted by atomic mass is 127. The van der Waals surface area contributed by atoms with Gasteiger partial charge in [0, 0.05) is 12.6 Å². The minimum absolute atomic E-state index is 0.0233. The van der Waals surface area contributed by atoms with Gasteiger partial charge < -0.3 is 10.1 Å². The summed E-state index contributed by atoms with van der Waals surface area (Å²) in [6, 6.07) is 7.88. The highest BCUT2D eigenvalue weighted by Crippen LogP contribution is 2.28. The topological polar surface area (TPSA) is 34.2 Å². The monoisotopic (exact) mass is 376 g/mol. The zero-order valence-electron chi connectivity index (χ0n) is 10.1. The minimum atomic E-state index is -0.834. The predicted molar refractivity (Wildman–Crippen MR) is 77.5 cm³/mol. The second-order valence-electron chi connectivity index (χ2n) is 3.67. The van der Waals surface area contributed by atoms with Crippen molar-refractivity contribution in [3.8, 4) is 11.6 Å². The fourth-order valence-electron chi connectivity index (χ4n) is 1.44. The molecule has 0 aliphatic carbocycles. The number of anilines is 1. The highest BCUT2D eigenvalue weighted by Gasteiger charge is 2.14. The second-order valence-corrected chi connectivity index (χ2v) is 4.83. The van der Waals surface area contributed by atoms with Gasteiger partial charge in [0.05, 0.1) is 3.57 Å². The third-order valence-corrected chi connectivity index (χ3v) is 3.18. The first-order valence-electron chi connectivity index (χ1n) is 5.64. The van der Waals surface area contributed by atoms with Crippen LogP contribution in [0.15, 0.2) is 30.3 Å². The lowest BCUT2D eigenvalue weighted by Gasteiger charge is -2.10. The van der Waals surface area contributed by atoms with Crippen molar-refractivity contribution in [3.63, 3.8) is 0 Å². The van der Waals surface area contributed by atoms with Crippen LogP contribution in [0.5, 0.6) is 11.6 Å². The summed E-state index contributed by atoms with van der Waals surface area (Å²) in [6.07, 6.45) is 0. The number of ether oxygens (including phenoxy) is 1. The van der Waals surface area contributed by atoms with Crippen LogP contribution in [0.1, 0.15) is 6.92 Å². The molecular formula is C13H11F2IN2O. The van der Waals surface area contributed by atoms with E-state index >= 15 is 0 Å². The van der Waals surface area contributed by atoms with Gasteiger partial charge in [-0.15, -0.1) is 0 Å². The number of hydrogen-bond donors (Lipinski definition) is 1. The largest absolute Gasteiger partial charge is 0.435 e. The number of halogens is 3. The average molecular weight is 376 g/mol. The molecule has 2 rings (SSSR count). The smallest absolute Gasteiger partial charge is 0.258 e. The molecule has 6 heteroatoms. The van der Waals surface area contributed by atoms with E-state index < -0.39 is 11.6 Å². The fraction of sp³-hybridized carbons (Fsp3) is 0.154. The summed E-state index contributed by atoms with van der Waals surface area (Å²) in [5.41, 5.74) is 0. The molecule has 0 amide bonds. The Bertz CT molecular complexity index is 593. The quantitative estimate of drug-likeness (QED) is 0.813. The normalized spacial score (nSPS) is 10.3. The Labute approximate surface area is 123 Å². The van der Waals surface area contributed by atoms with Gasteiger partial charge in [-0.2, -0.15) is 4.98 Å². The Morgan fingerprint density at radius 1 is 1.26 bits per heavy atom. The van der Waals surface area contributed by atoms with Gasteiger partial charge in [-0.1, -0.05) is 12.1 Å². The van der Waals surface area contributed by atoms with Gasteiger partial charge in [0.2, 0.25) is 0 Å². The Morgan fingerprint density at radius 3 is 2.68 bits per heavy atom. The first-order valence-corrected chi connectivity index (χ1v) is 6.72. The van der Waals surface area contributed by atoms with Gasteiger partial charge >= 0.3 is 0 Å². The van der Waals surface area contributed by atoms with E-state index in [0.29, 0.717) is 12.3 Å². The van der Waals surface area contributed by atoms with Crippen LogP contribution in [0.3, 0.4) is 0 Å². The molecule has 1 N–H and O–H groups in total. The zero-order valence-corrected chi connectivity index (χ0v) is 12.2.